The number of hydrogen-bond donors (Lipinski definition) is 1. The molecule has 108 valence electrons. The maximum atomic E-state index is 12.4. The minimum absolute atomic E-state index is 0.0623. The second kappa shape index (κ2) is 6.84. The fourth-order valence-corrected chi connectivity index (χ4v) is 3.98. The third kappa shape index (κ3) is 3.66. The molecule has 0 spiro atoms. The van der Waals surface area contributed by atoms with Gasteiger partial charge < -0.3 is 5.73 Å². The molecule has 0 aromatic heterocycles. The van der Waals surface area contributed by atoms with Crippen LogP contribution in [-0.4, -0.2) is 49.8 Å². The molecule has 1 aliphatic rings. The van der Waals surface area contributed by atoms with Gasteiger partial charge in [0, 0.05) is 26.2 Å². The molecular formula is C12H27N3O2S. The van der Waals surface area contributed by atoms with E-state index in [-0.39, 0.29) is 6.04 Å². The lowest BCUT2D eigenvalue weighted by molar-refractivity contribution is 0.251. The smallest absolute Gasteiger partial charge is 0.281 e. The molecule has 0 saturated carbocycles. The molecule has 1 heterocycles. The molecule has 2 N–H and O–H groups in total. The van der Waals surface area contributed by atoms with Crippen LogP contribution in [0, 0.1) is 5.92 Å². The van der Waals surface area contributed by atoms with Gasteiger partial charge in [0.15, 0.2) is 0 Å². The topological polar surface area (TPSA) is 66.6 Å². The lowest BCUT2D eigenvalue weighted by Crippen LogP contribution is -2.48. The summed E-state index contributed by atoms with van der Waals surface area (Å²) in [7, 11) is -1.60. The Morgan fingerprint density at radius 3 is 2.39 bits per heavy atom. The Balaban J connectivity index is 2.64. The van der Waals surface area contributed by atoms with Gasteiger partial charge in [-0.1, -0.05) is 13.3 Å². The van der Waals surface area contributed by atoms with Crippen molar-refractivity contribution >= 4 is 10.2 Å². The van der Waals surface area contributed by atoms with Gasteiger partial charge in [0.25, 0.3) is 10.2 Å². The van der Waals surface area contributed by atoms with Crippen molar-refractivity contribution in [2.24, 2.45) is 11.7 Å². The Morgan fingerprint density at radius 2 is 1.94 bits per heavy atom. The van der Waals surface area contributed by atoms with Crippen LogP contribution >= 0.6 is 0 Å². The largest absolute Gasteiger partial charge is 0.330 e. The van der Waals surface area contributed by atoms with Crippen molar-refractivity contribution in [3.05, 3.63) is 0 Å². The minimum Gasteiger partial charge on any atom is -0.330 e. The Labute approximate surface area is 112 Å². The molecule has 0 bridgehead atoms. The average molecular weight is 277 g/mol. The zero-order chi connectivity index (χ0) is 13.8. The standard InChI is InChI=1S/C12H27N3O2S/c1-4-5-11(2)14(3)18(16,17)15-8-6-12(10-13)7-9-15/h11-12H,4-10,13H2,1-3H3. The summed E-state index contributed by atoms with van der Waals surface area (Å²) in [6, 6.07) is 0.0623. The van der Waals surface area contributed by atoms with Crippen molar-refractivity contribution in [2.75, 3.05) is 26.7 Å². The first-order valence-corrected chi connectivity index (χ1v) is 8.26. The van der Waals surface area contributed by atoms with E-state index in [1.54, 1.807) is 11.4 Å². The van der Waals surface area contributed by atoms with Gasteiger partial charge in [-0.25, -0.2) is 0 Å². The van der Waals surface area contributed by atoms with Gasteiger partial charge in [0.2, 0.25) is 0 Å². The zero-order valence-electron chi connectivity index (χ0n) is 11.8. The van der Waals surface area contributed by atoms with Gasteiger partial charge in [-0.3, -0.25) is 0 Å². The minimum atomic E-state index is -3.29. The molecule has 6 heteroatoms. The van der Waals surface area contributed by atoms with Crippen molar-refractivity contribution in [3.63, 3.8) is 0 Å². The first-order chi connectivity index (χ1) is 8.43. The number of rotatable bonds is 6. The number of hydrogen-bond acceptors (Lipinski definition) is 3. The van der Waals surface area contributed by atoms with Crippen molar-refractivity contribution in [1.82, 2.24) is 8.61 Å². The van der Waals surface area contributed by atoms with E-state index in [0.29, 0.717) is 25.6 Å². The quantitative estimate of drug-likeness (QED) is 0.788. The normalized spacial score (nSPS) is 21.4. The van der Waals surface area contributed by atoms with E-state index in [0.717, 1.165) is 25.7 Å². The molecule has 1 unspecified atom stereocenters. The molecular weight excluding hydrogens is 250 g/mol. The summed E-state index contributed by atoms with van der Waals surface area (Å²) in [6.07, 6.45) is 3.66. The van der Waals surface area contributed by atoms with E-state index < -0.39 is 10.2 Å². The van der Waals surface area contributed by atoms with Crippen LogP contribution in [0.4, 0.5) is 0 Å². The summed E-state index contributed by atoms with van der Waals surface area (Å²) < 4.78 is 28.0. The summed E-state index contributed by atoms with van der Waals surface area (Å²) in [4.78, 5) is 0. The van der Waals surface area contributed by atoms with Gasteiger partial charge in [-0.15, -0.1) is 0 Å². The summed E-state index contributed by atoms with van der Waals surface area (Å²) in [6.45, 7) is 5.91. The Morgan fingerprint density at radius 1 is 1.39 bits per heavy atom. The predicted octanol–water partition coefficient (Wildman–Crippen LogP) is 1.02. The highest BCUT2D eigenvalue weighted by Crippen LogP contribution is 2.21. The van der Waals surface area contributed by atoms with E-state index >= 15 is 0 Å². The molecule has 1 aliphatic heterocycles. The van der Waals surface area contributed by atoms with Crippen molar-refractivity contribution < 1.29 is 8.42 Å². The first kappa shape index (κ1) is 15.9. The highest BCUT2D eigenvalue weighted by Gasteiger charge is 2.32. The molecule has 0 aromatic rings. The van der Waals surface area contributed by atoms with Crippen LogP contribution in [0.25, 0.3) is 0 Å². The van der Waals surface area contributed by atoms with Gasteiger partial charge in [0.1, 0.15) is 0 Å². The predicted molar refractivity (Wildman–Crippen MR) is 74.4 cm³/mol. The zero-order valence-corrected chi connectivity index (χ0v) is 12.6. The maximum absolute atomic E-state index is 12.4. The number of nitrogens with two attached hydrogens (primary N) is 1. The molecule has 0 amide bonds. The molecule has 1 fully saturated rings. The second-order valence-corrected chi connectivity index (χ2v) is 7.23. The Bertz CT molecular complexity index is 337. The monoisotopic (exact) mass is 277 g/mol. The highest BCUT2D eigenvalue weighted by molar-refractivity contribution is 7.86. The van der Waals surface area contributed by atoms with Crippen LogP contribution in [0.15, 0.2) is 0 Å². The summed E-state index contributed by atoms with van der Waals surface area (Å²) in [5.74, 6) is 0.481. The summed E-state index contributed by atoms with van der Waals surface area (Å²) >= 11 is 0. The molecule has 5 nitrogen and oxygen atoms in total. The lowest BCUT2D eigenvalue weighted by Gasteiger charge is -2.35. The van der Waals surface area contributed by atoms with Crippen molar-refractivity contribution in [2.45, 2.75) is 45.6 Å². The molecule has 0 aromatic carbocycles. The Hall–Kier alpha value is -0.170. The second-order valence-electron chi connectivity index (χ2n) is 5.24. The van der Waals surface area contributed by atoms with Gasteiger partial charge in [-0.2, -0.15) is 17.0 Å². The van der Waals surface area contributed by atoms with Crippen LogP contribution in [0.2, 0.25) is 0 Å². The van der Waals surface area contributed by atoms with Crippen molar-refractivity contribution in [3.8, 4) is 0 Å². The van der Waals surface area contributed by atoms with Crippen LogP contribution in [0.3, 0.4) is 0 Å². The summed E-state index contributed by atoms with van der Waals surface area (Å²) in [5.41, 5.74) is 5.63. The summed E-state index contributed by atoms with van der Waals surface area (Å²) in [5, 5.41) is 0. The molecule has 1 saturated heterocycles. The van der Waals surface area contributed by atoms with E-state index in [9.17, 15) is 8.42 Å². The van der Waals surface area contributed by atoms with E-state index in [1.165, 1.54) is 4.31 Å². The van der Waals surface area contributed by atoms with E-state index in [2.05, 4.69) is 6.92 Å². The van der Waals surface area contributed by atoms with Gasteiger partial charge in [-0.05, 0) is 38.6 Å². The SMILES string of the molecule is CCCC(C)N(C)S(=O)(=O)N1CCC(CN)CC1. The van der Waals surface area contributed by atoms with E-state index in [4.69, 9.17) is 5.73 Å². The highest BCUT2D eigenvalue weighted by atomic mass is 32.2. The fraction of sp³-hybridized carbons (Fsp3) is 1.00. The Kier molecular flexibility index (Phi) is 6.04. The number of piperidine rings is 1. The van der Waals surface area contributed by atoms with Gasteiger partial charge in [0.05, 0.1) is 0 Å². The molecule has 0 aliphatic carbocycles. The van der Waals surface area contributed by atoms with Crippen LogP contribution in [0.5, 0.6) is 0 Å². The molecule has 18 heavy (non-hydrogen) atoms. The maximum Gasteiger partial charge on any atom is 0.281 e. The van der Waals surface area contributed by atoms with Crippen LogP contribution < -0.4 is 5.73 Å². The number of nitrogens with zero attached hydrogens (tertiary/aromatic N) is 2. The third-order valence-electron chi connectivity index (χ3n) is 3.92. The molecule has 1 atom stereocenters. The first-order valence-electron chi connectivity index (χ1n) is 6.86. The van der Waals surface area contributed by atoms with Gasteiger partial charge >= 0.3 is 0 Å². The van der Waals surface area contributed by atoms with Crippen LogP contribution in [0.1, 0.15) is 39.5 Å². The molecule has 1 rings (SSSR count). The fourth-order valence-electron chi connectivity index (χ4n) is 2.38. The van der Waals surface area contributed by atoms with Crippen molar-refractivity contribution in [1.29, 1.82) is 0 Å². The van der Waals surface area contributed by atoms with Crippen LogP contribution in [-0.2, 0) is 10.2 Å². The van der Waals surface area contributed by atoms with E-state index in [1.807, 2.05) is 6.92 Å². The lowest BCUT2D eigenvalue weighted by atomic mass is 9.99. The molecule has 0 radical (unpaired) electrons. The third-order valence-corrected chi connectivity index (χ3v) is 6.03. The average Bonchev–Trinajstić information content (AvgIpc) is 2.38.